The van der Waals surface area contributed by atoms with E-state index in [1.807, 2.05) is 46.7 Å². The molecule has 21 heavy (non-hydrogen) atoms. The van der Waals surface area contributed by atoms with Gasteiger partial charge < -0.3 is 9.88 Å². The molecule has 1 saturated heterocycles. The van der Waals surface area contributed by atoms with Gasteiger partial charge in [0.15, 0.2) is 0 Å². The summed E-state index contributed by atoms with van der Waals surface area (Å²) < 4.78 is 0. The maximum atomic E-state index is 12.6. The van der Waals surface area contributed by atoms with E-state index >= 15 is 0 Å². The lowest BCUT2D eigenvalue weighted by Gasteiger charge is -2.22. The maximum absolute atomic E-state index is 12.6. The number of nitrogens with zero attached hydrogens (tertiary/aromatic N) is 2. The number of hydrogen-bond acceptors (Lipinski definition) is 3. The summed E-state index contributed by atoms with van der Waals surface area (Å²) in [7, 11) is 0. The fraction of sp³-hybridized carbons (Fsp3) is 0.250. The van der Waals surface area contributed by atoms with Gasteiger partial charge >= 0.3 is 0 Å². The van der Waals surface area contributed by atoms with E-state index in [1.165, 1.54) is 11.3 Å². The number of H-pyrrole nitrogens is 1. The summed E-state index contributed by atoms with van der Waals surface area (Å²) >= 11 is 1.50. The summed E-state index contributed by atoms with van der Waals surface area (Å²) in [5, 5.41) is 1.94. The maximum Gasteiger partial charge on any atom is 0.264 e. The summed E-state index contributed by atoms with van der Waals surface area (Å²) in [6, 6.07) is 11.9. The van der Waals surface area contributed by atoms with Crippen LogP contribution < -0.4 is 0 Å². The van der Waals surface area contributed by atoms with Crippen LogP contribution in [0.25, 0.3) is 11.0 Å². The van der Waals surface area contributed by atoms with Gasteiger partial charge in [0.05, 0.1) is 22.0 Å². The molecule has 1 atom stereocenters. The molecule has 106 valence electrons. The predicted octanol–water partition coefficient (Wildman–Crippen LogP) is 3.60. The largest absolute Gasteiger partial charge is 0.340 e. The second-order valence-corrected chi connectivity index (χ2v) is 6.22. The average molecular weight is 297 g/mol. The first-order valence-electron chi connectivity index (χ1n) is 7.12. The van der Waals surface area contributed by atoms with E-state index in [0.717, 1.165) is 41.1 Å². The highest BCUT2D eigenvalue weighted by Gasteiger charge is 2.32. The molecule has 0 bridgehead atoms. The van der Waals surface area contributed by atoms with Crippen molar-refractivity contribution in [3.8, 4) is 0 Å². The quantitative estimate of drug-likeness (QED) is 0.785. The van der Waals surface area contributed by atoms with E-state index in [0.29, 0.717) is 0 Å². The Bertz CT molecular complexity index is 745. The summed E-state index contributed by atoms with van der Waals surface area (Å²) in [4.78, 5) is 23.4. The van der Waals surface area contributed by atoms with Crippen LogP contribution in [0.15, 0.2) is 41.8 Å². The number of carbonyl (C=O) groups is 1. The van der Waals surface area contributed by atoms with Gasteiger partial charge in [-0.3, -0.25) is 4.79 Å². The first kappa shape index (κ1) is 12.6. The molecule has 1 N–H and O–H groups in total. The lowest BCUT2D eigenvalue weighted by Crippen LogP contribution is -2.30. The number of amides is 1. The number of para-hydroxylation sites is 2. The fourth-order valence-electron chi connectivity index (χ4n) is 2.97. The number of fused-ring (bicyclic) bond motifs is 1. The molecule has 1 aliphatic heterocycles. The number of benzene rings is 1. The SMILES string of the molecule is O=C(c1cccs1)N1CCCC1c1nc2ccccc2[nH]1. The second kappa shape index (κ2) is 5.00. The minimum atomic E-state index is 0.0620. The van der Waals surface area contributed by atoms with Gasteiger partial charge in [-0.15, -0.1) is 11.3 Å². The van der Waals surface area contributed by atoms with Crippen LogP contribution in [-0.2, 0) is 0 Å². The molecule has 0 saturated carbocycles. The highest BCUT2D eigenvalue weighted by molar-refractivity contribution is 7.12. The third-order valence-corrected chi connectivity index (χ3v) is 4.83. The number of thiophene rings is 1. The molecule has 0 radical (unpaired) electrons. The van der Waals surface area contributed by atoms with Gasteiger partial charge in [0.25, 0.3) is 5.91 Å². The summed E-state index contributed by atoms with van der Waals surface area (Å²) in [6.45, 7) is 0.804. The molecule has 3 aromatic rings. The molecule has 0 aliphatic carbocycles. The highest BCUT2D eigenvalue weighted by atomic mass is 32.1. The Morgan fingerprint density at radius 2 is 2.19 bits per heavy atom. The number of nitrogens with one attached hydrogen (secondary N) is 1. The lowest BCUT2D eigenvalue weighted by atomic mass is 10.2. The Morgan fingerprint density at radius 3 is 3.00 bits per heavy atom. The standard InChI is InChI=1S/C16H15N3OS/c20-16(14-8-4-10-21-14)19-9-3-7-13(19)15-17-11-5-1-2-6-12(11)18-15/h1-2,4-6,8,10,13H,3,7,9H2,(H,17,18). The Labute approximate surface area is 126 Å². The van der Waals surface area contributed by atoms with Gasteiger partial charge in [0, 0.05) is 6.54 Å². The van der Waals surface area contributed by atoms with Gasteiger partial charge in [-0.2, -0.15) is 0 Å². The molecule has 5 heteroatoms. The van der Waals surface area contributed by atoms with Gasteiger partial charge in [-0.1, -0.05) is 18.2 Å². The van der Waals surface area contributed by atoms with Gasteiger partial charge in [0.1, 0.15) is 5.82 Å². The zero-order chi connectivity index (χ0) is 14.2. The minimum Gasteiger partial charge on any atom is -0.340 e. The molecular weight excluding hydrogens is 282 g/mol. The Balaban J connectivity index is 1.68. The molecular formula is C16H15N3OS. The number of imidazole rings is 1. The molecule has 0 spiro atoms. The van der Waals surface area contributed by atoms with Gasteiger partial charge in [-0.25, -0.2) is 4.98 Å². The molecule has 1 amide bonds. The van der Waals surface area contributed by atoms with Crippen LogP contribution in [0.1, 0.15) is 34.4 Å². The van der Waals surface area contributed by atoms with Crippen LogP contribution in [0.3, 0.4) is 0 Å². The predicted molar refractivity (Wildman–Crippen MR) is 83.4 cm³/mol. The van der Waals surface area contributed by atoms with Crippen molar-refractivity contribution in [1.82, 2.24) is 14.9 Å². The van der Waals surface area contributed by atoms with Crippen molar-refractivity contribution in [2.24, 2.45) is 0 Å². The summed E-state index contributed by atoms with van der Waals surface area (Å²) in [5.41, 5.74) is 1.99. The van der Waals surface area contributed by atoms with Crippen LogP contribution in [0, 0.1) is 0 Å². The fourth-order valence-corrected chi connectivity index (χ4v) is 3.65. The number of aromatic nitrogens is 2. The third-order valence-electron chi connectivity index (χ3n) is 3.97. The average Bonchev–Trinajstić information content (AvgIpc) is 3.24. The highest BCUT2D eigenvalue weighted by Crippen LogP contribution is 2.33. The van der Waals surface area contributed by atoms with E-state index in [2.05, 4.69) is 9.97 Å². The smallest absolute Gasteiger partial charge is 0.264 e. The number of aromatic amines is 1. The van der Waals surface area contributed by atoms with Crippen molar-refractivity contribution >= 4 is 28.3 Å². The van der Waals surface area contributed by atoms with Crippen molar-refractivity contribution in [1.29, 1.82) is 0 Å². The van der Waals surface area contributed by atoms with Crippen LogP contribution in [0.4, 0.5) is 0 Å². The number of rotatable bonds is 2. The van der Waals surface area contributed by atoms with Crippen LogP contribution in [-0.4, -0.2) is 27.3 Å². The van der Waals surface area contributed by atoms with E-state index in [4.69, 9.17) is 0 Å². The molecule has 1 aromatic carbocycles. The minimum absolute atomic E-state index is 0.0620. The number of carbonyl (C=O) groups excluding carboxylic acids is 1. The van der Waals surface area contributed by atoms with Gasteiger partial charge in [-0.05, 0) is 36.4 Å². The molecule has 1 fully saturated rings. The van der Waals surface area contributed by atoms with Crippen molar-refractivity contribution in [2.75, 3.05) is 6.54 Å². The first-order chi connectivity index (χ1) is 10.3. The van der Waals surface area contributed by atoms with E-state index in [-0.39, 0.29) is 11.9 Å². The van der Waals surface area contributed by atoms with Crippen LogP contribution >= 0.6 is 11.3 Å². The number of hydrogen-bond donors (Lipinski definition) is 1. The topological polar surface area (TPSA) is 49.0 Å². The van der Waals surface area contributed by atoms with E-state index in [9.17, 15) is 4.79 Å². The van der Waals surface area contributed by atoms with E-state index in [1.54, 1.807) is 0 Å². The van der Waals surface area contributed by atoms with Crippen molar-refractivity contribution in [2.45, 2.75) is 18.9 Å². The van der Waals surface area contributed by atoms with Gasteiger partial charge in [0.2, 0.25) is 0 Å². The lowest BCUT2D eigenvalue weighted by molar-refractivity contribution is 0.0735. The Kier molecular flexibility index (Phi) is 3.00. The zero-order valence-corrected chi connectivity index (χ0v) is 12.3. The van der Waals surface area contributed by atoms with Crippen LogP contribution in [0.2, 0.25) is 0 Å². The van der Waals surface area contributed by atoms with Crippen LogP contribution in [0.5, 0.6) is 0 Å². The molecule has 3 heterocycles. The van der Waals surface area contributed by atoms with E-state index < -0.39 is 0 Å². The molecule has 1 unspecified atom stereocenters. The Hall–Kier alpha value is -2.14. The zero-order valence-electron chi connectivity index (χ0n) is 11.5. The second-order valence-electron chi connectivity index (χ2n) is 5.27. The normalized spacial score (nSPS) is 18.5. The third kappa shape index (κ3) is 2.14. The molecule has 4 rings (SSSR count). The first-order valence-corrected chi connectivity index (χ1v) is 8.00. The monoisotopic (exact) mass is 297 g/mol. The molecule has 1 aliphatic rings. The number of likely N-dealkylation sites (tertiary alicyclic amines) is 1. The molecule has 2 aromatic heterocycles. The Morgan fingerprint density at radius 1 is 1.29 bits per heavy atom. The summed E-state index contributed by atoms with van der Waals surface area (Å²) in [5.74, 6) is 1.02. The van der Waals surface area contributed by atoms with Crippen molar-refractivity contribution in [3.05, 3.63) is 52.5 Å². The van der Waals surface area contributed by atoms with Crippen molar-refractivity contribution < 1.29 is 4.79 Å². The summed E-state index contributed by atoms with van der Waals surface area (Å²) in [6.07, 6.45) is 2.00. The van der Waals surface area contributed by atoms with Crippen molar-refractivity contribution in [3.63, 3.8) is 0 Å². The molecule has 4 nitrogen and oxygen atoms in total.